The Morgan fingerprint density at radius 2 is 2.22 bits per heavy atom. The molecule has 1 aromatic heterocycles. The van der Waals surface area contributed by atoms with E-state index in [1.54, 1.807) is 13.0 Å². The van der Waals surface area contributed by atoms with E-state index in [9.17, 15) is 9.90 Å². The number of carboxylic acid groups (broad SMARTS) is 1. The lowest BCUT2D eigenvalue weighted by molar-refractivity contribution is 0.0701. The van der Waals surface area contributed by atoms with Gasteiger partial charge < -0.3 is 10.2 Å². The van der Waals surface area contributed by atoms with Crippen LogP contribution in [-0.4, -0.2) is 21.2 Å². The number of rotatable bonds is 2. The Balaban J connectivity index is 2.53. The van der Waals surface area contributed by atoms with E-state index in [0.29, 0.717) is 16.3 Å². The molecule has 2 N–H and O–H groups in total. The molecular weight excluding hydrogens is 252 g/mol. The molecule has 0 unspecified atom stereocenters. The molecule has 0 aliphatic rings. The number of phenolic OH excluding ortho intramolecular Hbond substituents is 1. The number of hydrogen-bond acceptors (Lipinski definition) is 5. The minimum absolute atomic E-state index is 0.104. The zero-order valence-corrected chi connectivity index (χ0v) is 10.2. The average Bonchev–Trinajstić information content (AvgIpc) is 2.72. The number of aryl methyl sites for hydroxylation is 1. The first-order valence-electron chi connectivity index (χ1n) is 4.97. The summed E-state index contributed by atoms with van der Waals surface area (Å²) in [6.07, 6.45) is 0. The lowest BCUT2D eigenvalue weighted by atomic mass is 10.1. The van der Waals surface area contributed by atoms with E-state index in [-0.39, 0.29) is 16.2 Å². The Hall–Kier alpha value is -2.39. The summed E-state index contributed by atoms with van der Waals surface area (Å²) < 4.78 is 0. The van der Waals surface area contributed by atoms with E-state index in [1.165, 1.54) is 12.1 Å². The first-order chi connectivity index (χ1) is 8.52. The number of nitriles is 1. The molecule has 18 heavy (non-hydrogen) atoms. The fraction of sp³-hybridized carbons (Fsp3) is 0.0833. The van der Waals surface area contributed by atoms with Crippen molar-refractivity contribution in [2.24, 2.45) is 0 Å². The highest BCUT2D eigenvalue weighted by atomic mass is 32.1. The molecule has 90 valence electrons. The molecule has 0 saturated carbocycles. The first kappa shape index (κ1) is 12.1. The molecular formula is C12H8N2O3S. The highest BCUT2D eigenvalue weighted by molar-refractivity contribution is 7.17. The number of carboxylic acids is 1. The van der Waals surface area contributed by atoms with Crippen LogP contribution in [0.15, 0.2) is 18.2 Å². The molecule has 2 aromatic rings. The van der Waals surface area contributed by atoms with E-state index in [4.69, 9.17) is 10.4 Å². The summed E-state index contributed by atoms with van der Waals surface area (Å²) in [5, 5.41) is 27.7. The molecule has 0 saturated heterocycles. The number of aromatic nitrogens is 1. The van der Waals surface area contributed by atoms with E-state index >= 15 is 0 Å². The van der Waals surface area contributed by atoms with Gasteiger partial charge in [-0.2, -0.15) is 5.26 Å². The molecule has 0 amide bonds. The smallest absolute Gasteiger partial charge is 0.347 e. The lowest BCUT2D eigenvalue weighted by Gasteiger charge is -1.99. The molecule has 6 heteroatoms. The number of phenols is 1. The molecule has 1 aromatic carbocycles. The van der Waals surface area contributed by atoms with Gasteiger partial charge in [0.2, 0.25) is 0 Å². The molecule has 5 nitrogen and oxygen atoms in total. The minimum atomic E-state index is -1.02. The predicted octanol–water partition coefficient (Wildman–Crippen LogP) is 2.39. The van der Waals surface area contributed by atoms with Gasteiger partial charge in [-0.15, -0.1) is 11.3 Å². The van der Waals surface area contributed by atoms with E-state index in [1.807, 2.05) is 6.07 Å². The highest BCUT2D eigenvalue weighted by Gasteiger charge is 2.15. The Morgan fingerprint density at radius 3 is 2.78 bits per heavy atom. The maximum atomic E-state index is 10.9. The van der Waals surface area contributed by atoms with E-state index in [0.717, 1.165) is 11.3 Å². The van der Waals surface area contributed by atoms with Gasteiger partial charge in [-0.3, -0.25) is 0 Å². The van der Waals surface area contributed by atoms with Crippen LogP contribution in [0.1, 0.15) is 20.9 Å². The summed E-state index contributed by atoms with van der Waals surface area (Å²) in [7, 11) is 0. The summed E-state index contributed by atoms with van der Waals surface area (Å²) in [4.78, 5) is 15.3. The Labute approximate surface area is 107 Å². The van der Waals surface area contributed by atoms with Crippen molar-refractivity contribution in [2.45, 2.75) is 6.92 Å². The van der Waals surface area contributed by atoms with Crippen molar-refractivity contribution in [1.82, 2.24) is 4.98 Å². The maximum Gasteiger partial charge on any atom is 0.347 e. The molecule has 0 aliphatic heterocycles. The number of aromatic carboxylic acids is 1. The van der Waals surface area contributed by atoms with Crippen LogP contribution in [0, 0.1) is 18.3 Å². The van der Waals surface area contributed by atoms with Crippen molar-refractivity contribution in [3.8, 4) is 22.4 Å². The quantitative estimate of drug-likeness (QED) is 0.864. The molecule has 0 spiro atoms. The van der Waals surface area contributed by atoms with Gasteiger partial charge in [-0.1, -0.05) is 0 Å². The van der Waals surface area contributed by atoms with Crippen LogP contribution in [-0.2, 0) is 0 Å². The molecule has 0 fully saturated rings. The zero-order valence-electron chi connectivity index (χ0n) is 9.34. The van der Waals surface area contributed by atoms with Gasteiger partial charge in [0.05, 0.1) is 11.3 Å². The summed E-state index contributed by atoms with van der Waals surface area (Å²) in [5.74, 6) is -1.12. The predicted molar refractivity (Wildman–Crippen MR) is 65.6 cm³/mol. The molecule has 1 heterocycles. The van der Waals surface area contributed by atoms with Gasteiger partial charge >= 0.3 is 5.97 Å². The summed E-state index contributed by atoms with van der Waals surface area (Å²) in [6.45, 7) is 1.62. The third kappa shape index (κ3) is 2.04. The molecule has 0 atom stereocenters. The van der Waals surface area contributed by atoms with Crippen LogP contribution in [0.25, 0.3) is 10.6 Å². The third-order valence-electron chi connectivity index (χ3n) is 2.35. The number of aromatic hydroxyl groups is 1. The molecule has 0 bridgehead atoms. The number of nitrogens with zero attached hydrogens (tertiary/aromatic N) is 2. The summed E-state index contributed by atoms with van der Waals surface area (Å²) in [5.41, 5.74) is 1.19. The van der Waals surface area contributed by atoms with Crippen LogP contribution in [0.5, 0.6) is 5.75 Å². The number of hydrogen-bond donors (Lipinski definition) is 2. The standard InChI is InChI=1S/C12H8N2O3S/c1-6-10(12(16)17)18-11(14-6)7-2-3-9(15)8(4-7)5-13/h2-4,15H,1H3,(H,16,17). The zero-order chi connectivity index (χ0) is 13.3. The topological polar surface area (TPSA) is 94.2 Å². The van der Waals surface area contributed by atoms with Crippen LogP contribution in [0.2, 0.25) is 0 Å². The second-order valence-electron chi connectivity index (χ2n) is 3.58. The van der Waals surface area contributed by atoms with Crippen molar-refractivity contribution in [3.63, 3.8) is 0 Å². The maximum absolute atomic E-state index is 10.9. The Morgan fingerprint density at radius 1 is 1.50 bits per heavy atom. The largest absolute Gasteiger partial charge is 0.507 e. The molecule has 0 aliphatic carbocycles. The van der Waals surface area contributed by atoms with Gasteiger partial charge in [0.15, 0.2) is 0 Å². The average molecular weight is 260 g/mol. The first-order valence-corrected chi connectivity index (χ1v) is 5.78. The third-order valence-corrected chi connectivity index (χ3v) is 3.55. The van der Waals surface area contributed by atoms with Crippen molar-refractivity contribution in [1.29, 1.82) is 5.26 Å². The second-order valence-corrected chi connectivity index (χ2v) is 4.58. The monoisotopic (exact) mass is 260 g/mol. The number of thiazole rings is 1. The van der Waals surface area contributed by atoms with Crippen molar-refractivity contribution in [3.05, 3.63) is 34.3 Å². The van der Waals surface area contributed by atoms with E-state index < -0.39 is 5.97 Å². The Kier molecular flexibility index (Phi) is 3.00. The highest BCUT2D eigenvalue weighted by Crippen LogP contribution is 2.30. The Bertz CT molecular complexity index is 670. The van der Waals surface area contributed by atoms with Crippen molar-refractivity contribution < 1.29 is 15.0 Å². The van der Waals surface area contributed by atoms with Crippen LogP contribution in [0.4, 0.5) is 0 Å². The summed E-state index contributed by atoms with van der Waals surface area (Å²) >= 11 is 1.04. The second kappa shape index (κ2) is 4.47. The lowest BCUT2D eigenvalue weighted by Crippen LogP contribution is -1.94. The van der Waals surface area contributed by atoms with Crippen LogP contribution >= 0.6 is 11.3 Å². The summed E-state index contributed by atoms with van der Waals surface area (Å²) in [6, 6.07) is 6.34. The van der Waals surface area contributed by atoms with Gasteiger partial charge in [0.1, 0.15) is 21.7 Å². The normalized spacial score (nSPS) is 10.0. The minimum Gasteiger partial charge on any atom is -0.507 e. The van der Waals surface area contributed by atoms with Gasteiger partial charge in [-0.05, 0) is 25.1 Å². The molecule has 2 rings (SSSR count). The van der Waals surface area contributed by atoms with Crippen LogP contribution in [0.3, 0.4) is 0 Å². The fourth-order valence-corrected chi connectivity index (χ4v) is 2.38. The van der Waals surface area contributed by atoms with Gasteiger partial charge in [-0.25, -0.2) is 9.78 Å². The van der Waals surface area contributed by atoms with Crippen molar-refractivity contribution in [2.75, 3.05) is 0 Å². The van der Waals surface area contributed by atoms with Gasteiger partial charge in [0, 0.05) is 5.56 Å². The van der Waals surface area contributed by atoms with Gasteiger partial charge in [0.25, 0.3) is 0 Å². The fourth-order valence-electron chi connectivity index (χ4n) is 1.48. The van der Waals surface area contributed by atoms with Crippen molar-refractivity contribution >= 4 is 17.3 Å². The number of benzene rings is 1. The number of carbonyl (C=O) groups is 1. The van der Waals surface area contributed by atoms with Crippen LogP contribution < -0.4 is 0 Å². The molecule has 0 radical (unpaired) electrons. The van der Waals surface area contributed by atoms with E-state index in [2.05, 4.69) is 4.98 Å². The SMILES string of the molecule is Cc1nc(-c2ccc(O)c(C#N)c2)sc1C(=O)O.